The molecule has 5 nitrogen and oxygen atoms in total. The summed E-state index contributed by atoms with van der Waals surface area (Å²) in [5.74, 6) is 1.24. The number of piperidine rings is 1. The molecule has 1 aromatic rings. The molecule has 1 fully saturated rings. The van der Waals surface area contributed by atoms with Crippen molar-refractivity contribution in [3.8, 4) is 0 Å². The number of hydrogen-bond donors (Lipinski definition) is 1. The SMILES string of the molecule is CN=C(NCC(C)C(=O)OC)N1CCC(Cc2ccccc2)CC1.I. The molecule has 0 aliphatic carbocycles. The van der Waals surface area contributed by atoms with E-state index in [0.717, 1.165) is 31.4 Å². The molecule has 0 amide bonds. The van der Waals surface area contributed by atoms with Crippen LogP contribution in [-0.4, -0.2) is 50.6 Å². The van der Waals surface area contributed by atoms with E-state index < -0.39 is 0 Å². The summed E-state index contributed by atoms with van der Waals surface area (Å²) in [5.41, 5.74) is 1.42. The molecular weight excluding hydrogens is 429 g/mol. The Balaban J connectivity index is 0.00000312. The van der Waals surface area contributed by atoms with Crippen LogP contribution in [0.3, 0.4) is 0 Å². The van der Waals surface area contributed by atoms with Gasteiger partial charge >= 0.3 is 5.97 Å². The number of hydrogen-bond acceptors (Lipinski definition) is 3. The van der Waals surface area contributed by atoms with Crippen molar-refractivity contribution in [2.45, 2.75) is 26.2 Å². The van der Waals surface area contributed by atoms with Crippen molar-refractivity contribution < 1.29 is 9.53 Å². The van der Waals surface area contributed by atoms with Gasteiger partial charge in [-0.15, -0.1) is 24.0 Å². The van der Waals surface area contributed by atoms with Gasteiger partial charge in [0.05, 0.1) is 13.0 Å². The van der Waals surface area contributed by atoms with Crippen LogP contribution in [0.25, 0.3) is 0 Å². The van der Waals surface area contributed by atoms with Gasteiger partial charge < -0.3 is 15.0 Å². The van der Waals surface area contributed by atoms with Crippen molar-refractivity contribution in [3.05, 3.63) is 35.9 Å². The first-order valence-corrected chi connectivity index (χ1v) is 8.71. The van der Waals surface area contributed by atoms with Crippen molar-refractivity contribution in [1.29, 1.82) is 0 Å². The predicted octanol–water partition coefficient (Wildman–Crippen LogP) is 2.94. The third-order valence-corrected chi connectivity index (χ3v) is 4.66. The molecule has 1 aliphatic heterocycles. The largest absolute Gasteiger partial charge is 0.469 e. The lowest BCUT2D eigenvalue weighted by Gasteiger charge is -2.34. The van der Waals surface area contributed by atoms with Crippen LogP contribution >= 0.6 is 24.0 Å². The van der Waals surface area contributed by atoms with Gasteiger partial charge in [0, 0.05) is 26.7 Å². The van der Waals surface area contributed by atoms with Crippen LogP contribution in [0, 0.1) is 11.8 Å². The molecule has 1 atom stereocenters. The molecular formula is C19H30IN3O2. The lowest BCUT2D eigenvalue weighted by atomic mass is 9.90. The Kier molecular flexibility index (Phi) is 9.85. The molecule has 140 valence electrons. The maximum absolute atomic E-state index is 11.5. The molecule has 1 saturated heterocycles. The average Bonchev–Trinajstić information content (AvgIpc) is 2.63. The third-order valence-electron chi connectivity index (χ3n) is 4.66. The average molecular weight is 459 g/mol. The van der Waals surface area contributed by atoms with Crippen LogP contribution in [0.15, 0.2) is 35.3 Å². The van der Waals surface area contributed by atoms with E-state index in [-0.39, 0.29) is 35.9 Å². The van der Waals surface area contributed by atoms with E-state index in [1.807, 2.05) is 6.92 Å². The van der Waals surface area contributed by atoms with Gasteiger partial charge in [-0.3, -0.25) is 9.79 Å². The third kappa shape index (κ3) is 6.84. The molecule has 0 saturated carbocycles. The fraction of sp³-hybridized carbons (Fsp3) is 0.579. The number of likely N-dealkylation sites (tertiary alicyclic amines) is 1. The number of aliphatic imine (C=N–C) groups is 1. The minimum atomic E-state index is -0.195. The monoisotopic (exact) mass is 459 g/mol. The summed E-state index contributed by atoms with van der Waals surface area (Å²) >= 11 is 0. The minimum Gasteiger partial charge on any atom is -0.469 e. The molecule has 2 rings (SSSR count). The number of methoxy groups -OCH3 is 1. The van der Waals surface area contributed by atoms with E-state index in [4.69, 9.17) is 4.74 Å². The number of nitrogens with zero attached hydrogens (tertiary/aromatic N) is 2. The molecule has 1 heterocycles. The molecule has 25 heavy (non-hydrogen) atoms. The summed E-state index contributed by atoms with van der Waals surface area (Å²) in [6.07, 6.45) is 3.49. The second-order valence-electron chi connectivity index (χ2n) is 6.47. The van der Waals surface area contributed by atoms with Crippen LogP contribution in [0.1, 0.15) is 25.3 Å². The molecule has 0 bridgehead atoms. The lowest BCUT2D eigenvalue weighted by molar-refractivity contribution is -0.144. The summed E-state index contributed by atoms with van der Waals surface area (Å²) in [5, 5.41) is 3.29. The zero-order chi connectivity index (χ0) is 17.4. The summed E-state index contributed by atoms with van der Waals surface area (Å²) in [7, 11) is 3.21. The van der Waals surface area contributed by atoms with Gasteiger partial charge in [-0.1, -0.05) is 37.3 Å². The molecule has 1 aliphatic rings. The number of ether oxygens (including phenoxy) is 1. The van der Waals surface area contributed by atoms with Gasteiger partial charge in [0.1, 0.15) is 0 Å². The van der Waals surface area contributed by atoms with Gasteiger partial charge in [0.2, 0.25) is 0 Å². The van der Waals surface area contributed by atoms with Crippen LogP contribution < -0.4 is 5.32 Å². The van der Waals surface area contributed by atoms with Gasteiger partial charge in [0.25, 0.3) is 0 Å². The zero-order valence-electron chi connectivity index (χ0n) is 15.4. The highest BCUT2D eigenvalue weighted by molar-refractivity contribution is 14.0. The smallest absolute Gasteiger partial charge is 0.310 e. The molecule has 6 heteroatoms. The van der Waals surface area contributed by atoms with Crippen molar-refractivity contribution in [1.82, 2.24) is 10.2 Å². The molecule has 0 spiro atoms. The Morgan fingerprint density at radius 1 is 1.32 bits per heavy atom. The van der Waals surface area contributed by atoms with Gasteiger partial charge in [-0.2, -0.15) is 0 Å². The number of rotatable bonds is 5. The van der Waals surface area contributed by atoms with E-state index in [0.29, 0.717) is 6.54 Å². The highest BCUT2D eigenvalue weighted by Gasteiger charge is 2.22. The van der Waals surface area contributed by atoms with E-state index in [2.05, 4.69) is 45.5 Å². The Morgan fingerprint density at radius 3 is 2.52 bits per heavy atom. The number of guanidine groups is 1. The number of halogens is 1. The zero-order valence-corrected chi connectivity index (χ0v) is 17.7. The van der Waals surface area contributed by atoms with Crippen LogP contribution in [0.5, 0.6) is 0 Å². The first-order valence-electron chi connectivity index (χ1n) is 8.71. The first kappa shape index (κ1) is 21.7. The van der Waals surface area contributed by atoms with Crippen LogP contribution in [0.4, 0.5) is 0 Å². The second-order valence-corrected chi connectivity index (χ2v) is 6.47. The van der Waals surface area contributed by atoms with Gasteiger partial charge in [-0.05, 0) is 30.7 Å². The molecule has 1 aromatic carbocycles. The number of nitrogens with one attached hydrogen (secondary N) is 1. The van der Waals surface area contributed by atoms with E-state index in [1.165, 1.54) is 25.5 Å². The second kappa shape index (κ2) is 11.3. The van der Waals surface area contributed by atoms with Crippen molar-refractivity contribution in [2.75, 3.05) is 33.8 Å². The van der Waals surface area contributed by atoms with Crippen LogP contribution in [-0.2, 0) is 16.0 Å². The number of carbonyl (C=O) groups excluding carboxylic acids is 1. The Bertz CT molecular complexity index is 543. The standard InChI is InChI=1S/C19H29N3O2.HI/c1-15(18(23)24-3)14-21-19(20-2)22-11-9-17(10-12-22)13-16-7-5-4-6-8-16;/h4-8,15,17H,9-14H2,1-3H3,(H,20,21);1H. The number of carbonyl (C=O) groups is 1. The summed E-state index contributed by atoms with van der Waals surface area (Å²) < 4.78 is 4.76. The predicted molar refractivity (Wildman–Crippen MR) is 112 cm³/mol. The van der Waals surface area contributed by atoms with Crippen molar-refractivity contribution >= 4 is 35.9 Å². The minimum absolute atomic E-state index is 0. The number of benzene rings is 1. The lowest BCUT2D eigenvalue weighted by Crippen LogP contribution is -2.47. The Labute approximate surface area is 168 Å². The normalized spacial score (nSPS) is 16.8. The fourth-order valence-electron chi connectivity index (χ4n) is 3.16. The molecule has 1 N–H and O–H groups in total. The van der Waals surface area contributed by atoms with Crippen molar-refractivity contribution in [2.24, 2.45) is 16.8 Å². The molecule has 0 radical (unpaired) electrons. The molecule has 1 unspecified atom stereocenters. The van der Waals surface area contributed by atoms with Crippen LogP contribution in [0.2, 0.25) is 0 Å². The van der Waals surface area contributed by atoms with E-state index >= 15 is 0 Å². The quantitative estimate of drug-likeness (QED) is 0.319. The Morgan fingerprint density at radius 2 is 1.96 bits per heavy atom. The van der Waals surface area contributed by atoms with E-state index in [1.54, 1.807) is 7.05 Å². The number of esters is 1. The highest BCUT2D eigenvalue weighted by atomic mass is 127. The topological polar surface area (TPSA) is 53.9 Å². The highest BCUT2D eigenvalue weighted by Crippen LogP contribution is 2.21. The first-order chi connectivity index (χ1) is 11.6. The van der Waals surface area contributed by atoms with Gasteiger partial charge in [0.15, 0.2) is 5.96 Å². The molecule has 0 aromatic heterocycles. The Hall–Kier alpha value is -1.31. The van der Waals surface area contributed by atoms with Crippen molar-refractivity contribution in [3.63, 3.8) is 0 Å². The maximum atomic E-state index is 11.5. The van der Waals surface area contributed by atoms with Gasteiger partial charge in [-0.25, -0.2) is 0 Å². The fourth-order valence-corrected chi connectivity index (χ4v) is 3.16. The van der Waals surface area contributed by atoms with E-state index in [9.17, 15) is 4.79 Å². The maximum Gasteiger partial charge on any atom is 0.310 e. The summed E-state index contributed by atoms with van der Waals surface area (Å²) in [6, 6.07) is 10.7. The summed E-state index contributed by atoms with van der Waals surface area (Å²) in [4.78, 5) is 18.1. The summed E-state index contributed by atoms with van der Waals surface area (Å²) in [6.45, 7) is 4.41.